The van der Waals surface area contributed by atoms with Crippen LogP contribution in [0.25, 0.3) is 0 Å². The predicted molar refractivity (Wildman–Crippen MR) is 67.0 cm³/mol. The molecule has 0 aromatic carbocycles. The third-order valence-corrected chi connectivity index (χ3v) is 3.50. The topological polar surface area (TPSA) is 55.1 Å². The minimum absolute atomic E-state index is 0.252. The van der Waals surface area contributed by atoms with Crippen LogP contribution in [-0.2, 0) is 4.79 Å². The Morgan fingerprint density at radius 2 is 1.81 bits per heavy atom. The van der Waals surface area contributed by atoms with E-state index in [9.17, 15) is 4.79 Å². The van der Waals surface area contributed by atoms with Gasteiger partial charge in [0.2, 0.25) is 5.91 Å². The van der Waals surface area contributed by atoms with E-state index < -0.39 is 0 Å². The number of hydrogen-bond donors (Lipinski definition) is 2. The number of nitrogens with one attached hydrogen (secondary N) is 1. The molecule has 1 atom stereocenters. The Hall–Kier alpha value is -0.570. The Morgan fingerprint density at radius 1 is 1.25 bits per heavy atom. The molecule has 1 aliphatic rings. The van der Waals surface area contributed by atoms with Crippen LogP contribution in [0.4, 0.5) is 0 Å². The van der Waals surface area contributed by atoms with Crippen LogP contribution in [0.5, 0.6) is 0 Å². The maximum absolute atomic E-state index is 11.9. The van der Waals surface area contributed by atoms with Gasteiger partial charge >= 0.3 is 0 Å². The van der Waals surface area contributed by atoms with Gasteiger partial charge in [-0.25, -0.2) is 0 Å². The maximum atomic E-state index is 11.9. The molecule has 0 bridgehead atoms. The molecule has 0 aliphatic heterocycles. The first-order chi connectivity index (χ1) is 7.74. The molecule has 16 heavy (non-hydrogen) atoms. The third kappa shape index (κ3) is 4.97. The highest BCUT2D eigenvalue weighted by atomic mass is 16.1. The van der Waals surface area contributed by atoms with Gasteiger partial charge in [-0.2, -0.15) is 0 Å². The average Bonchev–Trinajstić information content (AvgIpc) is 2.25. The zero-order valence-electron chi connectivity index (χ0n) is 10.5. The summed E-state index contributed by atoms with van der Waals surface area (Å²) in [5.74, 6) is 0.894. The molecule has 0 aromatic rings. The fourth-order valence-corrected chi connectivity index (χ4v) is 2.22. The fraction of sp³-hybridized carbons (Fsp3) is 0.923. The fourth-order valence-electron chi connectivity index (χ4n) is 2.22. The first-order valence-corrected chi connectivity index (χ1v) is 6.71. The zero-order valence-corrected chi connectivity index (χ0v) is 10.5. The molecule has 94 valence electrons. The van der Waals surface area contributed by atoms with Crippen molar-refractivity contribution in [2.24, 2.45) is 17.6 Å². The van der Waals surface area contributed by atoms with Crippen LogP contribution in [0.3, 0.4) is 0 Å². The van der Waals surface area contributed by atoms with Crippen molar-refractivity contribution in [2.45, 2.75) is 51.9 Å². The van der Waals surface area contributed by atoms with Gasteiger partial charge in [-0.3, -0.25) is 4.79 Å². The Morgan fingerprint density at radius 3 is 2.38 bits per heavy atom. The first kappa shape index (κ1) is 13.5. The molecule has 0 heterocycles. The van der Waals surface area contributed by atoms with Crippen molar-refractivity contribution in [2.75, 3.05) is 13.1 Å². The summed E-state index contributed by atoms with van der Waals surface area (Å²) in [7, 11) is 0. The molecule has 3 N–H and O–H groups in total. The van der Waals surface area contributed by atoms with Crippen molar-refractivity contribution in [3.8, 4) is 0 Å². The van der Waals surface area contributed by atoms with Crippen LogP contribution >= 0.6 is 0 Å². The van der Waals surface area contributed by atoms with Gasteiger partial charge in [-0.1, -0.05) is 39.0 Å². The van der Waals surface area contributed by atoms with E-state index in [1.54, 1.807) is 0 Å². The van der Waals surface area contributed by atoms with Crippen LogP contribution in [0.15, 0.2) is 0 Å². The lowest BCUT2D eigenvalue weighted by atomic mass is 9.90. The summed E-state index contributed by atoms with van der Waals surface area (Å²) in [5, 5.41) is 3.03. The van der Waals surface area contributed by atoms with E-state index in [1.165, 1.54) is 32.1 Å². The van der Waals surface area contributed by atoms with Gasteiger partial charge in [0, 0.05) is 12.5 Å². The van der Waals surface area contributed by atoms with Gasteiger partial charge in [-0.15, -0.1) is 0 Å². The molecule has 3 nitrogen and oxygen atoms in total. The maximum Gasteiger partial charge on any atom is 0.223 e. The molecule has 1 amide bonds. The zero-order chi connectivity index (χ0) is 11.8. The number of carbonyl (C=O) groups is 1. The summed E-state index contributed by atoms with van der Waals surface area (Å²) < 4.78 is 0. The van der Waals surface area contributed by atoms with Crippen LogP contribution in [0.2, 0.25) is 0 Å². The van der Waals surface area contributed by atoms with Crippen LogP contribution in [0, 0.1) is 11.8 Å². The van der Waals surface area contributed by atoms with Gasteiger partial charge in [0.15, 0.2) is 0 Å². The highest BCUT2D eigenvalue weighted by Crippen LogP contribution is 2.22. The molecule has 0 aromatic heterocycles. The minimum Gasteiger partial charge on any atom is -0.356 e. The number of carbonyl (C=O) groups excluding carboxylic acids is 1. The molecular weight excluding hydrogens is 200 g/mol. The molecule has 1 aliphatic carbocycles. The SMILES string of the molecule is CC(CN)CNC(=O)C1CCCCCCC1. The third-order valence-electron chi connectivity index (χ3n) is 3.50. The quantitative estimate of drug-likeness (QED) is 0.771. The smallest absolute Gasteiger partial charge is 0.223 e. The summed E-state index contributed by atoms with van der Waals surface area (Å²) >= 11 is 0. The van der Waals surface area contributed by atoms with Gasteiger partial charge < -0.3 is 11.1 Å². The van der Waals surface area contributed by atoms with Gasteiger partial charge in [0.25, 0.3) is 0 Å². The molecule has 1 saturated carbocycles. The lowest BCUT2D eigenvalue weighted by Crippen LogP contribution is -2.35. The molecule has 3 heteroatoms. The first-order valence-electron chi connectivity index (χ1n) is 6.71. The predicted octanol–water partition coefficient (Wildman–Crippen LogP) is 2.06. The minimum atomic E-state index is 0.252. The second-order valence-corrected chi connectivity index (χ2v) is 5.13. The normalized spacial score (nSPS) is 20.9. The van der Waals surface area contributed by atoms with E-state index in [1.807, 2.05) is 0 Å². The largest absolute Gasteiger partial charge is 0.356 e. The van der Waals surface area contributed by atoms with Crippen molar-refractivity contribution < 1.29 is 4.79 Å². The number of rotatable bonds is 4. The highest BCUT2D eigenvalue weighted by molar-refractivity contribution is 5.78. The summed E-state index contributed by atoms with van der Waals surface area (Å²) in [4.78, 5) is 11.9. The molecule has 0 saturated heterocycles. The Kier molecular flexibility index (Phi) is 6.46. The van der Waals surface area contributed by atoms with Crippen molar-refractivity contribution >= 4 is 5.91 Å². The molecule has 1 rings (SSSR count). The van der Waals surface area contributed by atoms with E-state index in [2.05, 4.69) is 12.2 Å². The highest BCUT2D eigenvalue weighted by Gasteiger charge is 2.19. The molecule has 0 radical (unpaired) electrons. The van der Waals surface area contributed by atoms with Crippen molar-refractivity contribution in [3.63, 3.8) is 0 Å². The lowest BCUT2D eigenvalue weighted by Gasteiger charge is -2.20. The molecule has 1 unspecified atom stereocenters. The van der Waals surface area contributed by atoms with Crippen molar-refractivity contribution in [1.29, 1.82) is 0 Å². The van der Waals surface area contributed by atoms with E-state index in [4.69, 9.17) is 5.73 Å². The monoisotopic (exact) mass is 226 g/mol. The van der Waals surface area contributed by atoms with Gasteiger partial charge in [0.05, 0.1) is 0 Å². The van der Waals surface area contributed by atoms with Crippen LogP contribution in [0.1, 0.15) is 51.9 Å². The standard InChI is InChI=1S/C13H26N2O/c1-11(9-14)10-15-13(16)12-7-5-3-2-4-6-8-12/h11-12H,2-10,14H2,1H3,(H,15,16). The Bertz CT molecular complexity index is 198. The molecular formula is C13H26N2O. The Labute approximate surface area is 99.2 Å². The van der Waals surface area contributed by atoms with E-state index >= 15 is 0 Å². The van der Waals surface area contributed by atoms with Crippen molar-refractivity contribution in [3.05, 3.63) is 0 Å². The lowest BCUT2D eigenvalue weighted by molar-refractivity contribution is -0.125. The molecule has 0 spiro atoms. The second-order valence-electron chi connectivity index (χ2n) is 5.13. The van der Waals surface area contributed by atoms with E-state index in [-0.39, 0.29) is 11.8 Å². The second kappa shape index (κ2) is 7.66. The summed E-state index contributed by atoms with van der Waals surface area (Å²) in [5.41, 5.74) is 5.53. The van der Waals surface area contributed by atoms with E-state index in [0.717, 1.165) is 19.4 Å². The number of amides is 1. The number of nitrogens with two attached hydrogens (primary N) is 1. The van der Waals surface area contributed by atoms with Gasteiger partial charge in [-0.05, 0) is 25.3 Å². The molecule has 1 fully saturated rings. The van der Waals surface area contributed by atoms with Crippen molar-refractivity contribution in [1.82, 2.24) is 5.32 Å². The number of hydrogen-bond acceptors (Lipinski definition) is 2. The van der Waals surface area contributed by atoms with Gasteiger partial charge in [0.1, 0.15) is 0 Å². The average molecular weight is 226 g/mol. The summed E-state index contributed by atoms with van der Waals surface area (Å²) in [6.07, 6.45) is 8.51. The van der Waals surface area contributed by atoms with Crippen LogP contribution < -0.4 is 11.1 Å². The summed E-state index contributed by atoms with van der Waals surface area (Å²) in [6, 6.07) is 0. The van der Waals surface area contributed by atoms with E-state index in [0.29, 0.717) is 12.5 Å². The van der Waals surface area contributed by atoms with Crippen LogP contribution in [-0.4, -0.2) is 19.0 Å². The summed E-state index contributed by atoms with van der Waals surface area (Å²) in [6.45, 7) is 3.44. The Balaban J connectivity index is 2.27.